The fraction of sp³-hybridized carbons (Fsp3) is 0.375. The van der Waals surface area contributed by atoms with E-state index in [1.807, 2.05) is 0 Å². The van der Waals surface area contributed by atoms with Gasteiger partial charge in [-0.15, -0.1) is 0 Å². The van der Waals surface area contributed by atoms with Crippen LogP contribution in [0.25, 0.3) is 0 Å². The second-order valence-corrected chi connectivity index (χ2v) is 7.97. The quantitative estimate of drug-likeness (QED) is 0.316. The zero-order valence-electron chi connectivity index (χ0n) is 18.9. The van der Waals surface area contributed by atoms with E-state index in [0.717, 1.165) is 0 Å². The highest BCUT2D eigenvalue weighted by Gasteiger charge is 2.27. The third-order valence-corrected chi connectivity index (χ3v) is 5.38. The molecule has 188 valence electrons. The molecule has 1 fully saturated rings. The summed E-state index contributed by atoms with van der Waals surface area (Å²) in [5.74, 6) is -1.88. The largest absolute Gasteiger partial charge is 0.452 e. The number of carbonyl (C=O) groups is 3. The zero-order valence-corrected chi connectivity index (χ0v) is 18.9. The summed E-state index contributed by atoms with van der Waals surface area (Å²) in [6.07, 6.45) is -4.42. The molecule has 3 rings (SSSR count). The van der Waals surface area contributed by atoms with E-state index in [2.05, 4.69) is 4.74 Å². The molecule has 0 unspecified atom stereocenters. The van der Waals surface area contributed by atoms with Gasteiger partial charge in [0.05, 0.1) is 17.9 Å². The first-order valence-corrected chi connectivity index (χ1v) is 10.8. The molecular weight excluding hydrogens is 472 g/mol. The van der Waals surface area contributed by atoms with Gasteiger partial charge in [-0.2, -0.15) is 13.2 Å². The van der Waals surface area contributed by atoms with Crippen molar-refractivity contribution < 1.29 is 41.4 Å². The Kier molecular flexibility index (Phi) is 8.44. The highest BCUT2D eigenvalue weighted by molar-refractivity contribution is 5.94. The van der Waals surface area contributed by atoms with Gasteiger partial charge in [0.2, 0.25) is 0 Å². The molecule has 0 N–H and O–H groups in total. The molecule has 0 radical (unpaired) electrons. The third-order valence-electron chi connectivity index (χ3n) is 5.38. The minimum absolute atomic E-state index is 0.145. The molecule has 0 atom stereocenters. The number of ether oxygens (including phenoxy) is 2. The summed E-state index contributed by atoms with van der Waals surface area (Å²) in [6, 6.07) is 9.93. The third kappa shape index (κ3) is 7.51. The Morgan fingerprint density at radius 1 is 0.943 bits per heavy atom. The number of esters is 1. The Morgan fingerprint density at radius 3 is 2.14 bits per heavy atom. The van der Waals surface area contributed by atoms with Gasteiger partial charge in [0.1, 0.15) is 12.4 Å². The van der Waals surface area contributed by atoms with Crippen molar-refractivity contribution in [1.82, 2.24) is 4.90 Å². The Labute approximate surface area is 199 Å². The van der Waals surface area contributed by atoms with Crippen LogP contribution in [0.5, 0.6) is 0 Å². The predicted molar refractivity (Wildman–Crippen MR) is 118 cm³/mol. The molecule has 1 amide bonds. The van der Waals surface area contributed by atoms with Crippen molar-refractivity contribution in [1.29, 1.82) is 0 Å². The molecule has 0 bridgehead atoms. The topological polar surface area (TPSA) is 76.2 Å². The second kappa shape index (κ2) is 11.3. The van der Waals surface area contributed by atoms with Crippen LogP contribution < -0.4 is 4.90 Å². The van der Waals surface area contributed by atoms with E-state index >= 15 is 0 Å². The minimum atomic E-state index is -4.42. The number of alkyl halides is 3. The summed E-state index contributed by atoms with van der Waals surface area (Å²) >= 11 is 0. The number of rotatable bonds is 8. The summed E-state index contributed by atoms with van der Waals surface area (Å²) in [5, 5.41) is 0. The normalized spacial score (nSPS) is 14.1. The smallest absolute Gasteiger partial charge is 0.411 e. The van der Waals surface area contributed by atoms with Gasteiger partial charge in [-0.3, -0.25) is 9.59 Å². The van der Waals surface area contributed by atoms with Gasteiger partial charge in [-0.25, -0.2) is 9.18 Å². The van der Waals surface area contributed by atoms with Gasteiger partial charge in [-0.05, 0) is 42.8 Å². The van der Waals surface area contributed by atoms with Gasteiger partial charge in [0, 0.05) is 31.7 Å². The monoisotopic (exact) mass is 496 g/mol. The van der Waals surface area contributed by atoms with Gasteiger partial charge >= 0.3 is 12.1 Å². The fourth-order valence-corrected chi connectivity index (χ4v) is 3.50. The van der Waals surface area contributed by atoms with Gasteiger partial charge in [0.25, 0.3) is 5.91 Å². The van der Waals surface area contributed by atoms with Crippen LogP contribution in [-0.2, 0) is 20.9 Å². The summed E-state index contributed by atoms with van der Waals surface area (Å²) in [6.45, 7) is 0.601. The second-order valence-electron chi connectivity index (χ2n) is 7.97. The summed E-state index contributed by atoms with van der Waals surface area (Å²) < 4.78 is 60.3. The highest BCUT2D eigenvalue weighted by atomic mass is 19.4. The molecule has 1 saturated heterocycles. The van der Waals surface area contributed by atoms with Crippen molar-refractivity contribution in [3.8, 4) is 0 Å². The van der Waals surface area contributed by atoms with Crippen molar-refractivity contribution in [3.05, 3.63) is 65.0 Å². The number of piperazine rings is 1. The molecule has 2 aromatic carbocycles. The van der Waals surface area contributed by atoms with Crippen LogP contribution in [0, 0.1) is 5.82 Å². The Morgan fingerprint density at radius 2 is 1.57 bits per heavy atom. The Hall–Kier alpha value is -3.47. The molecule has 35 heavy (non-hydrogen) atoms. The molecule has 0 saturated carbocycles. The van der Waals surface area contributed by atoms with Crippen molar-refractivity contribution in [2.75, 3.05) is 44.3 Å². The molecule has 0 spiro atoms. The van der Waals surface area contributed by atoms with Crippen molar-refractivity contribution in [3.63, 3.8) is 0 Å². The van der Waals surface area contributed by atoms with Crippen LogP contribution >= 0.6 is 0 Å². The van der Waals surface area contributed by atoms with Crippen LogP contribution in [0.2, 0.25) is 0 Å². The number of nitrogens with zero attached hydrogens (tertiary/aromatic N) is 2. The van der Waals surface area contributed by atoms with E-state index in [1.54, 1.807) is 17.0 Å². The van der Waals surface area contributed by atoms with Crippen LogP contribution in [-0.4, -0.2) is 68.1 Å². The SMILES string of the molecule is CC(=O)c1ccc(N2CCN(C(=O)COC(=O)c3ccc(COCC(F)(F)F)cc3)CC2)c(F)c1. The van der Waals surface area contributed by atoms with Gasteiger partial charge in [-0.1, -0.05) is 12.1 Å². The molecule has 0 aromatic heterocycles. The van der Waals surface area contributed by atoms with E-state index in [-0.39, 0.29) is 23.5 Å². The minimum Gasteiger partial charge on any atom is -0.452 e. The van der Waals surface area contributed by atoms with E-state index in [9.17, 15) is 31.9 Å². The maximum absolute atomic E-state index is 14.4. The lowest BCUT2D eigenvalue weighted by molar-refractivity contribution is -0.176. The lowest BCUT2D eigenvalue weighted by Gasteiger charge is -2.36. The number of Topliss-reactive ketones (excluding diaryl/α,β-unsaturated/α-hetero) is 1. The van der Waals surface area contributed by atoms with Gasteiger partial charge < -0.3 is 19.3 Å². The van der Waals surface area contributed by atoms with E-state index in [0.29, 0.717) is 37.4 Å². The lowest BCUT2D eigenvalue weighted by atomic mass is 10.1. The molecule has 1 aliphatic heterocycles. The van der Waals surface area contributed by atoms with Crippen LogP contribution in [0.3, 0.4) is 0 Å². The first kappa shape index (κ1) is 26.1. The lowest BCUT2D eigenvalue weighted by Crippen LogP contribution is -2.50. The number of halogens is 4. The number of ketones is 1. The number of carbonyl (C=O) groups excluding carboxylic acids is 3. The maximum atomic E-state index is 14.4. The first-order valence-electron chi connectivity index (χ1n) is 10.8. The molecular formula is C24H24F4N2O5. The van der Waals surface area contributed by atoms with Crippen LogP contribution in [0.4, 0.5) is 23.2 Å². The first-order chi connectivity index (χ1) is 16.5. The van der Waals surface area contributed by atoms with Crippen molar-refractivity contribution in [2.45, 2.75) is 19.7 Å². The molecule has 1 heterocycles. The molecule has 11 heteroatoms. The fourth-order valence-electron chi connectivity index (χ4n) is 3.50. The molecule has 0 aliphatic carbocycles. The summed E-state index contributed by atoms with van der Waals surface area (Å²) in [4.78, 5) is 39.3. The van der Waals surface area contributed by atoms with E-state index in [1.165, 1.54) is 42.2 Å². The summed E-state index contributed by atoms with van der Waals surface area (Å²) in [7, 11) is 0. The molecule has 7 nitrogen and oxygen atoms in total. The number of hydrogen-bond acceptors (Lipinski definition) is 6. The molecule has 1 aliphatic rings. The average Bonchev–Trinajstić information content (AvgIpc) is 2.82. The number of hydrogen-bond donors (Lipinski definition) is 0. The van der Waals surface area contributed by atoms with Gasteiger partial charge in [0.15, 0.2) is 12.4 Å². The highest BCUT2D eigenvalue weighted by Crippen LogP contribution is 2.22. The number of anilines is 1. The van der Waals surface area contributed by atoms with Crippen LogP contribution in [0.1, 0.15) is 33.2 Å². The van der Waals surface area contributed by atoms with E-state index in [4.69, 9.17) is 4.74 Å². The zero-order chi connectivity index (χ0) is 25.6. The van der Waals surface area contributed by atoms with Crippen LogP contribution in [0.15, 0.2) is 42.5 Å². The molecule has 2 aromatic rings. The average molecular weight is 496 g/mol. The van der Waals surface area contributed by atoms with Crippen molar-refractivity contribution >= 4 is 23.3 Å². The van der Waals surface area contributed by atoms with E-state index < -0.39 is 37.1 Å². The standard InChI is InChI=1S/C24H24F4N2O5/c1-16(31)19-6-7-21(20(25)12-19)29-8-10-30(11-9-29)22(32)14-35-23(33)18-4-2-17(3-5-18)13-34-15-24(26,27)28/h2-7,12H,8-11,13-15H2,1H3. The predicted octanol–water partition coefficient (Wildman–Crippen LogP) is 3.61. The summed E-state index contributed by atoms with van der Waals surface area (Å²) in [5.41, 5.74) is 1.23. The Balaban J connectivity index is 1.44. The maximum Gasteiger partial charge on any atom is 0.411 e. The number of benzene rings is 2. The number of amides is 1. The van der Waals surface area contributed by atoms with Crippen molar-refractivity contribution in [2.24, 2.45) is 0 Å². The Bertz CT molecular complexity index is 1060.